The predicted molar refractivity (Wildman–Crippen MR) is 110 cm³/mol. The maximum Gasteiger partial charge on any atom is 0.282 e. The summed E-state index contributed by atoms with van der Waals surface area (Å²) in [5.74, 6) is -0.542. The van der Waals surface area contributed by atoms with Gasteiger partial charge in [-0.15, -0.1) is 23.1 Å². The van der Waals surface area contributed by atoms with Gasteiger partial charge in [0, 0.05) is 21.9 Å². The van der Waals surface area contributed by atoms with E-state index in [2.05, 4.69) is 17.2 Å². The first-order valence-corrected chi connectivity index (χ1v) is 10.3. The minimum absolute atomic E-state index is 0.0240. The van der Waals surface area contributed by atoms with Gasteiger partial charge in [-0.3, -0.25) is 20.2 Å². The fourth-order valence-corrected chi connectivity index (χ4v) is 3.68. The third-order valence-electron chi connectivity index (χ3n) is 4.03. The number of nitrogens with zero attached hydrogens (tertiary/aromatic N) is 2. The molecule has 8 heteroatoms. The Hall–Kier alpha value is -2.71. The Kier molecular flexibility index (Phi) is 5.88. The fraction of sp³-hybridized carbons (Fsp3) is 0.158. The van der Waals surface area contributed by atoms with Gasteiger partial charge < -0.3 is 0 Å². The van der Waals surface area contributed by atoms with Gasteiger partial charge in [0.25, 0.3) is 11.6 Å². The molecule has 0 fully saturated rings. The molecule has 1 amide bonds. The van der Waals surface area contributed by atoms with Crippen molar-refractivity contribution in [3.8, 4) is 11.3 Å². The third-order valence-corrected chi connectivity index (χ3v) is 5.51. The van der Waals surface area contributed by atoms with Crippen molar-refractivity contribution in [1.29, 1.82) is 0 Å². The molecule has 1 N–H and O–H groups in total. The van der Waals surface area contributed by atoms with Crippen molar-refractivity contribution >= 4 is 39.8 Å². The van der Waals surface area contributed by atoms with Gasteiger partial charge in [-0.05, 0) is 30.4 Å². The van der Waals surface area contributed by atoms with Gasteiger partial charge in [-0.1, -0.05) is 31.2 Å². The number of hydrogen-bond donors (Lipinski definition) is 1. The zero-order valence-electron chi connectivity index (χ0n) is 14.8. The van der Waals surface area contributed by atoms with Gasteiger partial charge in [0.2, 0.25) is 0 Å². The molecular weight excluding hydrogens is 382 g/mol. The Morgan fingerprint density at radius 2 is 2.00 bits per heavy atom. The highest BCUT2D eigenvalue weighted by Crippen LogP contribution is 2.28. The van der Waals surface area contributed by atoms with Crippen LogP contribution in [0.2, 0.25) is 0 Å². The molecule has 1 aromatic heterocycles. The number of thiazole rings is 1. The van der Waals surface area contributed by atoms with Crippen molar-refractivity contribution < 1.29 is 9.72 Å². The van der Waals surface area contributed by atoms with Crippen molar-refractivity contribution in [3.05, 3.63) is 69.1 Å². The van der Waals surface area contributed by atoms with E-state index in [4.69, 9.17) is 0 Å². The van der Waals surface area contributed by atoms with Crippen molar-refractivity contribution in [2.75, 3.05) is 11.6 Å². The number of anilines is 1. The summed E-state index contributed by atoms with van der Waals surface area (Å²) in [6, 6.07) is 12.6. The molecule has 138 valence electrons. The molecule has 1 heterocycles. The number of rotatable bonds is 6. The Morgan fingerprint density at radius 3 is 2.63 bits per heavy atom. The Bertz CT molecular complexity index is 984. The predicted octanol–water partition coefficient (Wildman–Crippen LogP) is 5.25. The van der Waals surface area contributed by atoms with Gasteiger partial charge in [0.05, 0.1) is 10.6 Å². The quantitative estimate of drug-likeness (QED) is 0.347. The summed E-state index contributed by atoms with van der Waals surface area (Å²) in [7, 11) is 0. The van der Waals surface area contributed by atoms with E-state index in [9.17, 15) is 14.9 Å². The van der Waals surface area contributed by atoms with Crippen LogP contribution >= 0.6 is 23.1 Å². The van der Waals surface area contributed by atoms with Crippen LogP contribution in [0.3, 0.4) is 0 Å². The maximum absolute atomic E-state index is 12.6. The Labute approximate surface area is 164 Å². The Morgan fingerprint density at radius 1 is 1.26 bits per heavy atom. The maximum atomic E-state index is 12.6. The summed E-state index contributed by atoms with van der Waals surface area (Å²) in [4.78, 5) is 28.5. The zero-order chi connectivity index (χ0) is 19.4. The number of nitro benzene ring substituents is 1. The number of benzene rings is 2. The standard InChI is InChI=1S/C19H17N3O3S2/c1-3-12-4-6-13(7-5-12)16-11-27-19(20-16)21-18(23)15-10-14(26-2)8-9-17(15)22(24)25/h4-11H,3H2,1-2H3,(H,20,21,23). The van der Waals surface area contributed by atoms with Crippen molar-refractivity contribution in [2.24, 2.45) is 0 Å². The highest BCUT2D eigenvalue weighted by Gasteiger charge is 2.21. The fourth-order valence-electron chi connectivity index (χ4n) is 2.52. The van der Waals surface area contributed by atoms with Gasteiger partial charge in [0.15, 0.2) is 5.13 Å². The molecule has 27 heavy (non-hydrogen) atoms. The number of nitro groups is 1. The smallest absolute Gasteiger partial charge is 0.282 e. The first-order valence-electron chi connectivity index (χ1n) is 8.20. The van der Waals surface area contributed by atoms with Crippen LogP contribution in [-0.4, -0.2) is 22.1 Å². The first-order chi connectivity index (χ1) is 13.0. The highest BCUT2D eigenvalue weighted by molar-refractivity contribution is 7.98. The van der Waals surface area contributed by atoms with Crippen LogP contribution in [0.4, 0.5) is 10.8 Å². The minimum Gasteiger partial charge on any atom is -0.298 e. The molecular formula is C19H17N3O3S2. The van der Waals surface area contributed by atoms with Gasteiger partial charge in [-0.2, -0.15) is 0 Å². The molecule has 0 atom stereocenters. The van der Waals surface area contributed by atoms with Crippen molar-refractivity contribution in [3.63, 3.8) is 0 Å². The number of hydrogen-bond acceptors (Lipinski definition) is 6. The van der Waals surface area contributed by atoms with Gasteiger partial charge in [-0.25, -0.2) is 4.98 Å². The molecule has 0 aliphatic heterocycles. The molecule has 0 aliphatic rings. The number of carbonyl (C=O) groups is 1. The summed E-state index contributed by atoms with van der Waals surface area (Å²) >= 11 is 2.70. The monoisotopic (exact) mass is 399 g/mol. The second kappa shape index (κ2) is 8.32. The van der Waals surface area contributed by atoms with Crippen LogP contribution in [0.15, 0.2) is 52.7 Å². The summed E-state index contributed by atoms with van der Waals surface area (Å²) in [5, 5.41) is 16.1. The van der Waals surface area contributed by atoms with E-state index in [0.29, 0.717) is 5.13 Å². The summed E-state index contributed by atoms with van der Waals surface area (Å²) < 4.78 is 0. The lowest BCUT2D eigenvalue weighted by molar-refractivity contribution is -0.385. The van der Waals surface area contributed by atoms with Crippen LogP contribution in [0.1, 0.15) is 22.8 Å². The van der Waals surface area contributed by atoms with Crippen LogP contribution < -0.4 is 5.32 Å². The van der Waals surface area contributed by atoms with E-state index in [1.54, 1.807) is 6.07 Å². The number of aromatic nitrogens is 1. The number of carbonyl (C=O) groups excluding carboxylic acids is 1. The zero-order valence-corrected chi connectivity index (χ0v) is 16.4. The van der Waals surface area contributed by atoms with E-state index in [1.807, 2.05) is 35.9 Å². The average molecular weight is 399 g/mol. The van der Waals surface area contributed by atoms with Gasteiger partial charge >= 0.3 is 0 Å². The second-order valence-electron chi connectivity index (χ2n) is 5.68. The number of amides is 1. The van der Waals surface area contributed by atoms with Crippen molar-refractivity contribution in [2.45, 2.75) is 18.2 Å². The summed E-state index contributed by atoms with van der Waals surface area (Å²) in [6.45, 7) is 2.09. The minimum atomic E-state index is -0.554. The summed E-state index contributed by atoms with van der Waals surface area (Å²) in [6.07, 6.45) is 2.81. The molecule has 0 saturated heterocycles. The molecule has 3 aromatic rings. The Balaban J connectivity index is 1.83. The third kappa shape index (κ3) is 4.35. The van der Waals surface area contributed by atoms with E-state index in [-0.39, 0.29) is 11.3 Å². The topological polar surface area (TPSA) is 85.1 Å². The van der Waals surface area contributed by atoms with Gasteiger partial charge in [0.1, 0.15) is 5.56 Å². The van der Waals surface area contributed by atoms with E-state index in [1.165, 1.54) is 40.8 Å². The number of nitrogens with one attached hydrogen (secondary N) is 1. The van der Waals surface area contributed by atoms with Crippen LogP contribution in [0.25, 0.3) is 11.3 Å². The van der Waals surface area contributed by atoms with Crippen LogP contribution in [0, 0.1) is 10.1 Å². The lowest BCUT2D eigenvalue weighted by atomic mass is 10.1. The molecule has 0 bridgehead atoms. The second-order valence-corrected chi connectivity index (χ2v) is 7.42. The average Bonchev–Trinajstić information content (AvgIpc) is 3.15. The van der Waals surface area contributed by atoms with Crippen LogP contribution in [0.5, 0.6) is 0 Å². The van der Waals surface area contributed by atoms with Crippen molar-refractivity contribution in [1.82, 2.24) is 4.98 Å². The highest BCUT2D eigenvalue weighted by atomic mass is 32.2. The number of aryl methyl sites for hydroxylation is 1. The molecule has 0 radical (unpaired) electrons. The lowest BCUT2D eigenvalue weighted by Crippen LogP contribution is -2.14. The lowest BCUT2D eigenvalue weighted by Gasteiger charge is -2.05. The SMILES string of the molecule is CCc1ccc(-c2csc(NC(=O)c3cc(SC)ccc3[N+](=O)[O-])n2)cc1. The van der Waals surface area contributed by atoms with E-state index >= 15 is 0 Å². The largest absolute Gasteiger partial charge is 0.298 e. The number of thioether (sulfide) groups is 1. The molecule has 0 saturated carbocycles. The molecule has 0 unspecified atom stereocenters. The molecule has 0 spiro atoms. The molecule has 2 aromatic carbocycles. The first kappa shape index (κ1) is 19.1. The normalized spacial score (nSPS) is 10.6. The van der Waals surface area contributed by atoms with Crippen LogP contribution in [-0.2, 0) is 6.42 Å². The van der Waals surface area contributed by atoms with E-state index < -0.39 is 10.8 Å². The van der Waals surface area contributed by atoms with E-state index in [0.717, 1.165) is 22.6 Å². The molecule has 6 nitrogen and oxygen atoms in total. The summed E-state index contributed by atoms with van der Waals surface area (Å²) in [5.41, 5.74) is 2.75. The molecule has 0 aliphatic carbocycles. The molecule has 3 rings (SSSR count).